The number of aryl methyl sites for hydroxylation is 1. The number of alkyl halides is 2. The van der Waals surface area contributed by atoms with Crippen molar-refractivity contribution in [3.05, 3.63) is 53.8 Å². The van der Waals surface area contributed by atoms with E-state index in [1.165, 1.54) is 0 Å². The lowest BCUT2D eigenvalue weighted by atomic mass is 9.88. The highest BCUT2D eigenvalue weighted by molar-refractivity contribution is 5.79. The van der Waals surface area contributed by atoms with Gasteiger partial charge in [0.25, 0.3) is 5.92 Å². The normalized spacial score (nSPS) is 17.3. The van der Waals surface area contributed by atoms with Crippen molar-refractivity contribution in [2.75, 3.05) is 5.32 Å². The number of hydrogen-bond donors (Lipinski definition) is 1. The third kappa shape index (κ3) is 3.02. The molecule has 0 aromatic carbocycles. The number of nitrogens with one attached hydrogen (secondary N) is 1. The molecule has 0 radical (unpaired) electrons. The topological polar surface area (TPSA) is 68.0 Å². The molecule has 1 aliphatic rings. The van der Waals surface area contributed by atoms with Crippen LogP contribution in [0.3, 0.4) is 0 Å². The number of rotatable bonds is 4. The summed E-state index contributed by atoms with van der Waals surface area (Å²) in [4.78, 5) is 13.3. The predicted octanol–water partition coefficient (Wildman–Crippen LogP) is 3.49. The fourth-order valence-electron chi connectivity index (χ4n) is 3.15. The molecule has 3 aromatic heterocycles. The maximum Gasteiger partial charge on any atom is 0.252 e. The van der Waals surface area contributed by atoms with Gasteiger partial charge in [-0.25, -0.2) is 28.2 Å². The minimum atomic E-state index is -2.57. The van der Waals surface area contributed by atoms with Crippen LogP contribution < -0.4 is 5.32 Å². The highest BCUT2D eigenvalue weighted by atomic mass is 19.3. The molecule has 0 atom stereocenters. The highest BCUT2D eigenvalue weighted by Crippen LogP contribution is 2.38. The first-order chi connectivity index (χ1) is 12.4. The number of hydrogen-bond acceptors (Lipinski definition) is 5. The SMILES string of the molecule is C/C=C(/c1ccn2nccc2n1)c1cnc(NC2CC(F)(F)C2)nc1C. The third-order valence-electron chi connectivity index (χ3n) is 4.52. The molecule has 4 rings (SSSR count). The molecule has 3 aromatic rings. The van der Waals surface area contributed by atoms with Crippen molar-refractivity contribution in [3.63, 3.8) is 0 Å². The largest absolute Gasteiger partial charge is 0.351 e. The summed E-state index contributed by atoms with van der Waals surface area (Å²) in [5, 5.41) is 7.12. The van der Waals surface area contributed by atoms with Crippen molar-refractivity contribution >= 4 is 17.2 Å². The second-order valence-corrected chi connectivity index (χ2v) is 6.45. The second-order valence-electron chi connectivity index (χ2n) is 6.45. The van der Waals surface area contributed by atoms with Gasteiger partial charge in [0.15, 0.2) is 5.65 Å². The highest BCUT2D eigenvalue weighted by Gasteiger charge is 2.45. The Bertz CT molecular complexity index is 986. The standard InChI is InChI=1S/C18H18F2N6/c1-3-13(15-5-7-26-16(25-15)4-6-22-26)14-10-21-17(23-11(14)2)24-12-8-18(19,20)9-12/h3-7,10,12H,8-9H2,1-2H3,(H,21,23,24)/b13-3+. The zero-order chi connectivity index (χ0) is 18.3. The molecule has 1 fully saturated rings. The van der Waals surface area contributed by atoms with Crippen molar-refractivity contribution in [2.45, 2.75) is 38.7 Å². The molecule has 3 heterocycles. The van der Waals surface area contributed by atoms with Crippen molar-refractivity contribution in [1.82, 2.24) is 24.6 Å². The molecule has 134 valence electrons. The van der Waals surface area contributed by atoms with Crippen molar-refractivity contribution < 1.29 is 8.78 Å². The average molecular weight is 356 g/mol. The Morgan fingerprint density at radius 1 is 1.31 bits per heavy atom. The van der Waals surface area contributed by atoms with E-state index in [-0.39, 0.29) is 18.9 Å². The van der Waals surface area contributed by atoms with Crippen molar-refractivity contribution in [2.24, 2.45) is 0 Å². The van der Waals surface area contributed by atoms with E-state index in [2.05, 4.69) is 25.4 Å². The van der Waals surface area contributed by atoms with Crippen LogP contribution in [0.2, 0.25) is 0 Å². The van der Waals surface area contributed by atoms with E-state index in [4.69, 9.17) is 0 Å². The van der Waals surface area contributed by atoms with Gasteiger partial charge in [-0.1, -0.05) is 6.08 Å². The van der Waals surface area contributed by atoms with Crippen LogP contribution in [0.25, 0.3) is 11.2 Å². The van der Waals surface area contributed by atoms with Crippen LogP contribution in [-0.2, 0) is 0 Å². The van der Waals surface area contributed by atoms with Gasteiger partial charge in [0.1, 0.15) is 0 Å². The van der Waals surface area contributed by atoms with Gasteiger partial charge in [-0.2, -0.15) is 5.10 Å². The van der Waals surface area contributed by atoms with Gasteiger partial charge < -0.3 is 5.32 Å². The Kier molecular flexibility index (Phi) is 3.90. The zero-order valence-electron chi connectivity index (χ0n) is 14.4. The lowest BCUT2D eigenvalue weighted by molar-refractivity contribution is -0.0794. The van der Waals surface area contributed by atoms with Gasteiger partial charge in [0, 0.05) is 48.5 Å². The van der Waals surface area contributed by atoms with Gasteiger partial charge in [0.2, 0.25) is 5.95 Å². The number of halogens is 2. The number of allylic oxidation sites excluding steroid dienone is 1. The van der Waals surface area contributed by atoms with E-state index in [0.717, 1.165) is 28.2 Å². The summed E-state index contributed by atoms with van der Waals surface area (Å²) >= 11 is 0. The number of anilines is 1. The van der Waals surface area contributed by atoms with E-state index < -0.39 is 5.92 Å². The molecule has 8 heteroatoms. The summed E-state index contributed by atoms with van der Waals surface area (Å²) < 4.78 is 27.6. The molecule has 1 N–H and O–H groups in total. The van der Waals surface area contributed by atoms with Crippen LogP contribution >= 0.6 is 0 Å². The van der Waals surface area contributed by atoms with Crippen LogP contribution in [0.1, 0.15) is 36.7 Å². The molecule has 0 aliphatic heterocycles. The Balaban J connectivity index is 1.59. The van der Waals surface area contributed by atoms with Gasteiger partial charge in [0.05, 0.1) is 17.6 Å². The predicted molar refractivity (Wildman–Crippen MR) is 94.1 cm³/mol. The fraction of sp³-hybridized carbons (Fsp3) is 0.333. The summed E-state index contributed by atoms with van der Waals surface area (Å²) in [7, 11) is 0. The molecule has 6 nitrogen and oxygen atoms in total. The van der Waals surface area contributed by atoms with Crippen molar-refractivity contribution in [1.29, 1.82) is 0 Å². The fourth-order valence-corrected chi connectivity index (χ4v) is 3.15. The Morgan fingerprint density at radius 2 is 2.12 bits per heavy atom. The van der Waals surface area contributed by atoms with Crippen LogP contribution in [-0.4, -0.2) is 36.5 Å². The van der Waals surface area contributed by atoms with Gasteiger partial charge in [-0.3, -0.25) is 0 Å². The summed E-state index contributed by atoms with van der Waals surface area (Å²) in [5.41, 5.74) is 4.08. The lowest BCUT2D eigenvalue weighted by Gasteiger charge is -2.35. The maximum absolute atomic E-state index is 13.0. The maximum atomic E-state index is 13.0. The van der Waals surface area contributed by atoms with E-state index in [9.17, 15) is 8.78 Å². The van der Waals surface area contributed by atoms with E-state index in [1.54, 1.807) is 16.9 Å². The summed E-state index contributed by atoms with van der Waals surface area (Å²) in [5.74, 6) is -2.19. The molecule has 0 unspecified atom stereocenters. The average Bonchev–Trinajstić information content (AvgIpc) is 3.03. The molecule has 1 aliphatic carbocycles. The number of fused-ring (bicyclic) bond motifs is 1. The van der Waals surface area contributed by atoms with Crippen LogP contribution in [0, 0.1) is 6.92 Å². The molecule has 1 saturated carbocycles. The first-order valence-electron chi connectivity index (χ1n) is 8.41. The van der Waals surface area contributed by atoms with Gasteiger partial charge in [-0.15, -0.1) is 0 Å². The van der Waals surface area contributed by atoms with E-state index in [0.29, 0.717) is 5.95 Å². The smallest absolute Gasteiger partial charge is 0.252 e. The summed E-state index contributed by atoms with van der Waals surface area (Å²) in [6.45, 7) is 3.80. The Labute approximate surface area is 149 Å². The second kappa shape index (κ2) is 6.12. The minimum absolute atomic E-state index is 0.174. The molecular formula is C18H18F2N6. The van der Waals surface area contributed by atoms with Crippen LogP contribution in [0.15, 0.2) is 36.8 Å². The quantitative estimate of drug-likeness (QED) is 0.775. The molecule has 0 amide bonds. The first kappa shape index (κ1) is 16.6. The summed E-state index contributed by atoms with van der Waals surface area (Å²) in [6.07, 6.45) is 6.86. The Morgan fingerprint density at radius 3 is 2.81 bits per heavy atom. The van der Waals surface area contributed by atoms with Crippen LogP contribution in [0.5, 0.6) is 0 Å². The molecule has 0 bridgehead atoms. The molecule has 0 spiro atoms. The minimum Gasteiger partial charge on any atom is -0.351 e. The number of nitrogens with zero attached hydrogens (tertiary/aromatic N) is 5. The Hall–Kier alpha value is -2.90. The first-order valence-corrected chi connectivity index (χ1v) is 8.41. The molecular weight excluding hydrogens is 338 g/mol. The van der Waals surface area contributed by atoms with Gasteiger partial charge >= 0.3 is 0 Å². The van der Waals surface area contributed by atoms with Gasteiger partial charge in [-0.05, 0) is 19.9 Å². The number of aromatic nitrogens is 5. The van der Waals surface area contributed by atoms with Crippen molar-refractivity contribution in [3.8, 4) is 0 Å². The van der Waals surface area contributed by atoms with E-state index >= 15 is 0 Å². The molecule has 0 saturated heterocycles. The van der Waals surface area contributed by atoms with Crippen LogP contribution in [0.4, 0.5) is 14.7 Å². The third-order valence-corrected chi connectivity index (χ3v) is 4.52. The monoisotopic (exact) mass is 356 g/mol. The molecule has 26 heavy (non-hydrogen) atoms. The zero-order valence-corrected chi connectivity index (χ0v) is 14.4. The summed E-state index contributed by atoms with van der Waals surface area (Å²) in [6, 6.07) is 3.45. The lowest BCUT2D eigenvalue weighted by Crippen LogP contribution is -2.44. The van der Waals surface area contributed by atoms with E-state index in [1.807, 2.05) is 38.3 Å².